The zero-order chi connectivity index (χ0) is 16.6. The van der Waals surface area contributed by atoms with Crippen molar-refractivity contribution in [3.05, 3.63) is 35.9 Å². The molecule has 2 N–H and O–H groups in total. The number of aliphatic hydroxyl groups is 1. The monoisotopic (exact) mass is 328 g/mol. The lowest BCUT2D eigenvalue weighted by Crippen LogP contribution is -2.41. The first-order chi connectivity index (χ1) is 11.6. The van der Waals surface area contributed by atoms with Crippen molar-refractivity contribution in [1.82, 2.24) is 10.2 Å². The molecular weight excluding hydrogens is 300 g/mol. The fourth-order valence-electron chi connectivity index (χ4n) is 4.72. The molecule has 24 heavy (non-hydrogen) atoms. The van der Waals surface area contributed by atoms with Gasteiger partial charge in [-0.3, -0.25) is 9.69 Å². The van der Waals surface area contributed by atoms with Gasteiger partial charge in [0, 0.05) is 25.7 Å². The molecule has 4 nitrogen and oxygen atoms in total. The molecule has 1 heterocycles. The van der Waals surface area contributed by atoms with Crippen molar-refractivity contribution in [3.63, 3.8) is 0 Å². The van der Waals surface area contributed by atoms with Crippen LogP contribution in [0.3, 0.4) is 0 Å². The van der Waals surface area contributed by atoms with Crippen molar-refractivity contribution in [2.75, 3.05) is 13.1 Å². The molecule has 2 saturated carbocycles. The first-order valence-corrected chi connectivity index (χ1v) is 9.41. The predicted octanol–water partition coefficient (Wildman–Crippen LogP) is 2.32. The summed E-state index contributed by atoms with van der Waals surface area (Å²) < 4.78 is 0. The molecule has 1 unspecified atom stereocenters. The second-order valence-electron chi connectivity index (χ2n) is 8.06. The fraction of sp³-hybridized carbons (Fsp3) is 0.650. The Kier molecular flexibility index (Phi) is 4.35. The van der Waals surface area contributed by atoms with E-state index >= 15 is 0 Å². The normalized spacial score (nSPS) is 31.5. The maximum Gasteiger partial charge on any atom is 0.223 e. The molecule has 1 amide bonds. The van der Waals surface area contributed by atoms with Gasteiger partial charge < -0.3 is 10.4 Å². The quantitative estimate of drug-likeness (QED) is 0.872. The van der Waals surface area contributed by atoms with Gasteiger partial charge in [-0.15, -0.1) is 0 Å². The Morgan fingerprint density at radius 2 is 1.79 bits per heavy atom. The van der Waals surface area contributed by atoms with Gasteiger partial charge in [0.15, 0.2) is 0 Å². The molecule has 3 atom stereocenters. The average molecular weight is 328 g/mol. The highest BCUT2D eigenvalue weighted by Gasteiger charge is 2.56. The Balaban J connectivity index is 1.22. The van der Waals surface area contributed by atoms with Gasteiger partial charge in [-0.2, -0.15) is 0 Å². The van der Waals surface area contributed by atoms with Gasteiger partial charge in [0.1, 0.15) is 0 Å². The standard InChI is InChI=1S/C20H28N2O2/c23-18(11-20(24)9-5-2-6-10-20)21-19-16-13-22(14-17(16)19)12-15-7-3-1-4-8-15/h1,3-4,7-8,16-17,19,24H,2,5-6,9-14H2,(H,21,23)/t16-,17+,19?. The van der Waals surface area contributed by atoms with Crippen LogP contribution in [0, 0.1) is 11.8 Å². The van der Waals surface area contributed by atoms with E-state index in [4.69, 9.17) is 0 Å². The number of nitrogens with one attached hydrogen (secondary N) is 1. The molecule has 0 radical (unpaired) electrons. The summed E-state index contributed by atoms with van der Waals surface area (Å²) in [4.78, 5) is 14.8. The van der Waals surface area contributed by atoms with E-state index in [0.717, 1.165) is 45.3 Å². The van der Waals surface area contributed by atoms with E-state index in [9.17, 15) is 9.90 Å². The van der Waals surface area contributed by atoms with Crippen molar-refractivity contribution in [2.45, 2.75) is 56.7 Å². The third-order valence-corrected chi connectivity index (χ3v) is 6.12. The summed E-state index contributed by atoms with van der Waals surface area (Å²) in [6.45, 7) is 3.16. The molecule has 0 aromatic heterocycles. The van der Waals surface area contributed by atoms with Crippen LogP contribution in [0.4, 0.5) is 0 Å². The number of likely N-dealkylation sites (tertiary alicyclic amines) is 1. The molecule has 130 valence electrons. The van der Waals surface area contributed by atoms with Crippen molar-refractivity contribution >= 4 is 5.91 Å². The van der Waals surface area contributed by atoms with Crippen molar-refractivity contribution in [3.8, 4) is 0 Å². The lowest BCUT2D eigenvalue weighted by atomic mass is 9.82. The first-order valence-electron chi connectivity index (χ1n) is 9.41. The Morgan fingerprint density at radius 1 is 1.12 bits per heavy atom. The lowest BCUT2D eigenvalue weighted by Gasteiger charge is -2.31. The van der Waals surface area contributed by atoms with Crippen LogP contribution in [0.15, 0.2) is 30.3 Å². The van der Waals surface area contributed by atoms with E-state index in [1.165, 1.54) is 12.0 Å². The highest BCUT2D eigenvalue weighted by atomic mass is 16.3. The number of carbonyl (C=O) groups excluding carboxylic acids is 1. The average Bonchev–Trinajstić information content (AvgIpc) is 3.01. The highest BCUT2D eigenvalue weighted by molar-refractivity contribution is 5.78. The number of rotatable bonds is 5. The molecule has 1 saturated heterocycles. The summed E-state index contributed by atoms with van der Waals surface area (Å²) in [5.74, 6) is 1.27. The van der Waals surface area contributed by atoms with E-state index in [2.05, 4.69) is 40.5 Å². The van der Waals surface area contributed by atoms with Gasteiger partial charge in [-0.25, -0.2) is 0 Å². The van der Waals surface area contributed by atoms with E-state index in [1.807, 2.05) is 0 Å². The highest BCUT2D eigenvalue weighted by Crippen LogP contribution is 2.46. The van der Waals surface area contributed by atoms with Gasteiger partial charge in [-0.1, -0.05) is 49.6 Å². The van der Waals surface area contributed by atoms with E-state index in [1.54, 1.807) is 0 Å². The summed E-state index contributed by atoms with van der Waals surface area (Å²) >= 11 is 0. The summed E-state index contributed by atoms with van der Waals surface area (Å²) in [5, 5.41) is 13.7. The van der Waals surface area contributed by atoms with Gasteiger partial charge in [0.25, 0.3) is 0 Å². The zero-order valence-electron chi connectivity index (χ0n) is 14.3. The number of fused-ring (bicyclic) bond motifs is 1. The zero-order valence-corrected chi connectivity index (χ0v) is 14.3. The predicted molar refractivity (Wildman–Crippen MR) is 93.3 cm³/mol. The number of hydrogen-bond acceptors (Lipinski definition) is 3. The topological polar surface area (TPSA) is 52.6 Å². The van der Waals surface area contributed by atoms with Crippen LogP contribution in [0.25, 0.3) is 0 Å². The molecule has 2 aliphatic carbocycles. The number of benzene rings is 1. The second-order valence-corrected chi connectivity index (χ2v) is 8.06. The molecule has 3 fully saturated rings. The van der Waals surface area contributed by atoms with Crippen molar-refractivity contribution in [2.24, 2.45) is 11.8 Å². The minimum Gasteiger partial charge on any atom is -0.389 e. The summed E-state index contributed by atoms with van der Waals surface area (Å²) in [6, 6.07) is 10.9. The third-order valence-electron chi connectivity index (χ3n) is 6.12. The van der Waals surface area contributed by atoms with Crippen molar-refractivity contribution in [1.29, 1.82) is 0 Å². The summed E-state index contributed by atoms with van der Waals surface area (Å²) in [7, 11) is 0. The number of nitrogens with zero attached hydrogens (tertiary/aromatic N) is 1. The van der Waals surface area contributed by atoms with Crippen molar-refractivity contribution < 1.29 is 9.90 Å². The summed E-state index contributed by atoms with van der Waals surface area (Å²) in [6.07, 6.45) is 5.13. The number of amides is 1. The molecule has 4 rings (SSSR count). The SMILES string of the molecule is O=C(CC1(O)CCCCC1)NC1[C@H]2CN(Cc3ccccc3)C[C@@H]12. The number of carbonyl (C=O) groups is 1. The second kappa shape index (κ2) is 6.49. The van der Waals surface area contributed by atoms with E-state index < -0.39 is 5.60 Å². The molecule has 0 spiro atoms. The minimum atomic E-state index is -0.744. The summed E-state index contributed by atoms with van der Waals surface area (Å²) in [5.41, 5.74) is 0.616. The Morgan fingerprint density at radius 3 is 2.46 bits per heavy atom. The minimum absolute atomic E-state index is 0.0495. The van der Waals surface area contributed by atoms with Crippen LogP contribution >= 0.6 is 0 Å². The van der Waals surface area contributed by atoms with Gasteiger partial charge in [0.2, 0.25) is 5.91 Å². The molecule has 3 aliphatic rings. The van der Waals surface area contributed by atoms with Crippen LogP contribution in [-0.2, 0) is 11.3 Å². The van der Waals surface area contributed by atoms with Crippen LogP contribution < -0.4 is 5.32 Å². The molecule has 4 heteroatoms. The van der Waals surface area contributed by atoms with Gasteiger partial charge in [0.05, 0.1) is 12.0 Å². The third kappa shape index (κ3) is 3.50. The number of hydrogen-bond donors (Lipinski definition) is 2. The lowest BCUT2D eigenvalue weighted by molar-refractivity contribution is -0.127. The molecular formula is C20H28N2O2. The van der Waals surface area contributed by atoms with Crippen LogP contribution in [0.5, 0.6) is 0 Å². The molecule has 1 aliphatic heterocycles. The van der Waals surface area contributed by atoms with E-state index in [-0.39, 0.29) is 12.3 Å². The fourth-order valence-corrected chi connectivity index (χ4v) is 4.72. The maximum atomic E-state index is 12.3. The van der Waals surface area contributed by atoms with Crippen LogP contribution in [0.1, 0.15) is 44.1 Å². The van der Waals surface area contributed by atoms with Gasteiger partial charge >= 0.3 is 0 Å². The molecule has 1 aromatic carbocycles. The Hall–Kier alpha value is -1.39. The Labute approximate surface area is 144 Å². The van der Waals surface area contributed by atoms with Crippen LogP contribution in [-0.4, -0.2) is 40.6 Å². The Bertz CT molecular complexity index is 571. The molecule has 1 aromatic rings. The maximum absolute atomic E-state index is 12.3. The smallest absolute Gasteiger partial charge is 0.223 e. The number of piperidine rings is 1. The van der Waals surface area contributed by atoms with E-state index in [0.29, 0.717) is 17.9 Å². The molecule has 0 bridgehead atoms. The van der Waals surface area contributed by atoms with Gasteiger partial charge in [-0.05, 0) is 30.2 Å². The van der Waals surface area contributed by atoms with Crippen LogP contribution in [0.2, 0.25) is 0 Å². The largest absolute Gasteiger partial charge is 0.389 e. The first kappa shape index (κ1) is 16.1.